The third-order valence-corrected chi connectivity index (χ3v) is 2.96. The molecule has 1 aliphatic rings. The van der Waals surface area contributed by atoms with Gasteiger partial charge in [-0.25, -0.2) is 0 Å². The number of aliphatic hydroxyl groups is 1. The van der Waals surface area contributed by atoms with Crippen LogP contribution in [0.3, 0.4) is 0 Å². The van der Waals surface area contributed by atoms with Crippen LogP contribution in [0.15, 0.2) is 0 Å². The second-order valence-electron chi connectivity index (χ2n) is 4.58. The summed E-state index contributed by atoms with van der Waals surface area (Å²) in [5.74, 6) is 0.243. The molecular formula is C13H24O4. The number of hydrogen-bond acceptors (Lipinski definition) is 4. The highest BCUT2D eigenvalue weighted by molar-refractivity contribution is 5.78. The number of carbonyl (C=O) groups excluding carboxylic acids is 1. The normalized spacial score (nSPS) is 18.5. The van der Waals surface area contributed by atoms with Crippen LogP contribution in [0.2, 0.25) is 0 Å². The fourth-order valence-corrected chi connectivity index (χ4v) is 1.99. The van der Waals surface area contributed by atoms with Gasteiger partial charge in [-0.15, -0.1) is 0 Å². The summed E-state index contributed by atoms with van der Waals surface area (Å²) in [6.45, 7) is 3.33. The molecule has 4 heteroatoms. The fourth-order valence-electron chi connectivity index (χ4n) is 1.99. The Morgan fingerprint density at radius 1 is 1.29 bits per heavy atom. The number of rotatable bonds is 9. The van der Waals surface area contributed by atoms with E-state index in [1.165, 1.54) is 0 Å². The van der Waals surface area contributed by atoms with Crippen LogP contribution < -0.4 is 0 Å². The monoisotopic (exact) mass is 244 g/mol. The second-order valence-corrected chi connectivity index (χ2v) is 4.58. The number of ketones is 1. The molecule has 0 amide bonds. The van der Waals surface area contributed by atoms with Crippen molar-refractivity contribution in [2.24, 2.45) is 0 Å². The van der Waals surface area contributed by atoms with Gasteiger partial charge in [-0.1, -0.05) is 13.3 Å². The van der Waals surface area contributed by atoms with E-state index in [1.807, 2.05) is 0 Å². The molecule has 0 aromatic carbocycles. The van der Waals surface area contributed by atoms with Crippen LogP contribution in [0.25, 0.3) is 0 Å². The maximum atomic E-state index is 11.5. The number of aliphatic hydroxyl groups excluding tert-OH is 1. The zero-order chi connectivity index (χ0) is 12.5. The number of Topliss-reactive ketones (excluding diaryl/α,β-unsaturated/α-hetero) is 1. The zero-order valence-corrected chi connectivity index (χ0v) is 10.7. The van der Waals surface area contributed by atoms with E-state index >= 15 is 0 Å². The molecule has 0 aromatic rings. The maximum absolute atomic E-state index is 11.5. The van der Waals surface area contributed by atoms with Crippen LogP contribution in [0.5, 0.6) is 0 Å². The molecule has 0 bridgehead atoms. The molecule has 0 unspecified atom stereocenters. The zero-order valence-electron chi connectivity index (χ0n) is 10.7. The molecule has 0 aromatic heterocycles. The molecule has 4 nitrogen and oxygen atoms in total. The molecule has 0 spiro atoms. The third kappa shape index (κ3) is 6.76. The quantitative estimate of drug-likeness (QED) is 0.674. The number of carbonyl (C=O) groups is 1. The van der Waals surface area contributed by atoms with Gasteiger partial charge < -0.3 is 14.6 Å². The summed E-state index contributed by atoms with van der Waals surface area (Å²) in [5, 5.41) is 9.51. The highest BCUT2D eigenvalue weighted by Crippen LogP contribution is 2.13. The Balaban J connectivity index is 1.97. The van der Waals surface area contributed by atoms with Gasteiger partial charge in [0.1, 0.15) is 5.78 Å². The first-order valence-corrected chi connectivity index (χ1v) is 6.65. The standard InChI is InChI=1S/C13H24O4/c1-2-4-11(14)5-3-6-12(15)7-8-13-16-9-10-17-13/h11,13-14H,2-10H2,1H3/t11-/m0/s1. The molecule has 0 radical (unpaired) electrons. The number of ether oxygens (including phenoxy) is 2. The van der Waals surface area contributed by atoms with E-state index in [2.05, 4.69) is 6.92 Å². The average Bonchev–Trinajstić information content (AvgIpc) is 2.79. The molecule has 1 saturated heterocycles. The topological polar surface area (TPSA) is 55.8 Å². The Bertz CT molecular complexity index is 211. The fraction of sp³-hybridized carbons (Fsp3) is 0.923. The summed E-state index contributed by atoms with van der Waals surface area (Å²) in [6, 6.07) is 0. The van der Waals surface area contributed by atoms with Crippen molar-refractivity contribution in [3.63, 3.8) is 0 Å². The van der Waals surface area contributed by atoms with Gasteiger partial charge in [-0.3, -0.25) is 4.79 Å². The first-order valence-electron chi connectivity index (χ1n) is 6.65. The van der Waals surface area contributed by atoms with Gasteiger partial charge in [0.25, 0.3) is 0 Å². The molecule has 1 aliphatic heterocycles. The van der Waals surface area contributed by atoms with Gasteiger partial charge in [-0.05, 0) is 19.3 Å². The molecule has 1 atom stereocenters. The lowest BCUT2D eigenvalue weighted by atomic mass is 10.0. The van der Waals surface area contributed by atoms with Gasteiger partial charge in [0.15, 0.2) is 6.29 Å². The Hall–Kier alpha value is -0.450. The van der Waals surface area contributed by atoms with Gasteiger partial charge in [0.2, 0.25) is 0 Å². The third-order valence-electron chi connectivity index (χ3n) is 2.96. The summed E-state index contributed by atoms with van der Waals surface area (Å²) in [5.41, 5.74) is 0. The molecule has 0 saturated carbocycles. The van der Waals surface area contributed by atoms with Crippen molar-refractivity contribution in [1.82, 2.24) is 0 Å². The van der Waals surface area contributed by atoms with E-state index in [0.717, 1.165) is 25.7 Å². The predicted molar refractivity (Wildman–Crippen MR) is 64.7 cm³/mol. The Morgan fingerprint density at radius 2 is 2.00 bits per heavy atom. The Morgan fingerprint density at radius 3 is 2.65 bits per heavy atom. The predicted octanol–water partition coefficient (Wildman–Crippen LogP) is 2.04. The molecule has 1 N–H and O–H groups in total. The lowest BCUT2D eigenvalue weighted by Gasteiger charge is -2.09. The van der Waals surface area contributed by atoms with Gasteiger partial charge in [0, 0.05) is 19.3 Å². The lowest BCUT2D eigenvalue weighted by molar-refractivity contribution is -0.121. The van der Waals surface area contributed by atoms with E-state index in [0.29, 0.717) is 32.5 Å². The minimum atomic E-state index is -0.241. The Kier molecular flexibility index (Phi) is 7.40. The van der Waals surface area contributed by atoms with Crippen LogP contribution in [-0.2, 0) is 14.3 Å². The smallest absolute Gasteiger partial charge is 0.158 e. The van der Waals surface area contributed by atoms with Crippen LogP contribution in [0, 0.1) is 0 Å². The van der Waals surface area contributed by atoms with Crippen molar-refractivity contribution in [1.29, 1.82) is 0 Å². The van der Waals surface area contributed by atoms with Crippen molar-refractivity contribution in [2.75, 3.05) is 13.2 Å². The van der Waals surface area contributed by atoms with Crippen LogP contribution in [0.1, 0.15) is 51.9 Å². The van der Waals surface area contributed by atoms with Gasteiger partial charge >= 0.3 is 0 Å². The van der Waals surface area contributed by atoms with Crippen LogP contribution >= 0.6 is 0 Å². The largest absolute Gasteiger partial charge is 0.393 e. The molecular weight excluding hydrogens is 220 g/mol. The first kappa shape index (κ1) is 14.6. The van der Waals surface area contributed by atoms with Crippen LogP contribution in [0.4, 0.5) is 0 Å². The minimum absolute atomic E-state index is 0.176. The van der Waals surface area contributed by atoms with Crippen molar-refractivity contribution >= 4 is 5.78 Å². The lowest BCUT2D eigenvalue weighted by Crippen LogP contribution is -2.11. The Labute approximate surface area is 103 Å². The highest BCUT2D eigenvalue weighted by atomic mass is 16.7. The first-order chi connectivity index (χ1) is 8.22. The summed E-state index contributed by atoms with van der Waals surface area (Å²) >= 11 is 0. The summed E-state index contributed by atoms with van der Waals surface area (Å²) in [6.07, 6.45) is 4.67. The van der Waals surface area contributed by atoms with Crippen LogP contribution in [-0.4, -0.2) is 36.5 Å². The minimum Gasteiger partial charge on any atom is -0.393 e. The van der Waals surface area contributed by atoms with E-state index in [1.54, 1.807) is 0 Å². The molecule has 1 heterocycles. The molecule has 100 valence electrons. The van der Waals surface area contributed by atoms with Gasteiger partial charge in [0.05, 0.1) is 19.3 Å². The van der Waals surface area contributed by atoms with E-state index in [-0.39, 0.29) is 18.2 Å². The molecule has 0 aliphatic carbocycles. The van der Waals surface area contributed by atoms with Crippen molar-refractivity contribution in [2.45, 2.75) is 64.3 Å². The molecule has 17 heavy (non-hydrogen) atoms. The van der Waals surface area contributed by atoms with Crippen molar-refractivity contribution in [3.8, 4) is 0 Å². The van der Waals surface area contributed by atoms with Crippen molar-refractivity contribution in [3.05, 3.63) is 0 Å². The maximum Gasteiger partial charge on any atom is 0.158 e. The van der Waals surface area contributed by atoms with Gasteiger partial charge in [-0.2, -0.15) is 0 Å². The average molecular weight is 244 g/mol. The molecule has 1 fully saturated rings. The summed E-state index contributed by atoms with van der Waals surface area (Å²) in [7, 11) is 0. The van der Waals surface area contributed by atoms with E-state index in [9.17, 15) is 9.90 Å². The molecule has 1 rings (SSSR count). The SMILES string of the molecule is CCC[C@H](O)CCCC(=O)CCC1OCCO1. The number of hydrogen-bond donors (Lipinski definition) is 1. The van der Waals surface area contributed by atoms with Crippen molar-refractivity contribution < 1.29 is 19.4 Å². The van der Waals surface area contributed by atoms with E-state index in [4.69, 9.17) is 9.47 Å². The summed E-state index contributed by atoms with van der Waals surface area (Å²) < 4.78 is 10.5. The highest BCUT2D eigenvalue weighted by Gasteiger charge is 2.17. The second kappa shape index (κ2) is 8.61. The summed E-state index contributed by atoms with van der Waals surface area (Å²) in [4.78, 5) is 11.5. The van der Waals surface area contributed by atoms with E-state index < -0.39 is 0 Å².